The summed E-state index contributed by atoms with van der Waals surface area (Å²) in [5, 5.41) is 2.99. The van der Waals surface area contributed by atoms with Crippen molar-refractivity contribution in [1.29, 1.82) is 0 Å². The summed E-state index contributed by atoms with van der Waals surface area (Å²) in [5.41, 5.74) is 1.20. The SMILES string of the molecule is CC(C)CC1C(=O)NC(c2cnco2)CN1C(=O)C1CC1c1ccccc1. The van der Waals surface area contributed by atoms with Gasteiger partial charge < -0.3 is 14.6 Å². The van der Waals surface area contributed by atoms with Crippen LogP contribution in [0.2, 0.25) is 0 Å². The zero-order valence-corrected chi connectivity index (χ0v) is 15.7. The molecule has 4 unspecified atom stereocenters. The van der Waals surface area contributed by atoms with Gasteiger partial charge in [0.1, 0.15) is 17.8 Å². The van der Waals surface area contributed by atoms with E-state index in [1.54, 1.807) is 11.1 Å². The maximum atomic E-state index is 13.3. The van der Waals surface area contributed by atoms with Gasteiger partial charge in [0.25, 0.3) is 0 Å². The van der Waals surface area contributed by atoms with Crippen LogP contribution >= 0.6 is 0 Å². The molecule has 4 rings (SSSR count). The van der Waals surface area contributed by atoms with Gasteiger partial charge in [-0.1, -0.05) is 44.2 Å². The lowest BCUT2D eigenvalue weighted by Crippen LogP contribution is -2.59. The van der Waals surface area contributed by atoms with Crippen LogP contribution in [0, 0.1) is 11.8 Å². The molecule has 0 bridgehead atoms. The number of benzene rings is 1. The first-order valence-electron chi connectivity index (χ1n) is 9.58. The van der Waals surface area contributed by atoms with E-state index in [4.69, 9.17) is 4.42 Å². The number of carbonyl (C=O) groups is 2. The highest BCUT2D eigenvalue weighted by atomic mass is 16.3. The smallest absolute Gasteiger partial charge is 0.243 e. The molecular weight excluding hydrogens is 342 g/mol. The fraction of sp³-hybridized carbons (Fsp3) is 0.476. The van der Waals surface area contributed by atoms with E-state index in [1.165, 1.54) is 12.0 Å². The average Bonchev–Trinajstić information content (AvgIpc) is 3.27. The van der Waals surface area contributed by atoms with Gasteiger partial charge >= 0.3 is 0 Å². The number of amides is 2. The molecular formula is C21H25N3O3. The Morgan fingerprint density at radius 1 is 1.33 bits per heavy atom. The third-order valence-corrected chi connectivity index (χ3v) is 5.48. The molecule has 1 N–H and O–H groups in total. The Bertz CT molecular complexity index is 803. The van der Waals surface area contributed by atoms with Crippen LogP contribution in [0.25, 0.3) is 0 Å². The lowest BCUT2D eigenvalue weighted by molar-refractivity contribution is -0.146. The van der Waals surface area contributed by atoms with Crippen molar-refractivity contribution in [2.45, 2.75) is 44.7 Å². The summed E-state index contributed by atoms with van der Waals surface area (Å²) < 4.78 is 5.37. The number of nitrogens with one attached hydrogen (secondary N) is 1. The molecule has 2 heterocycles. The molecule has 0 radical (unpaired) electrons. The number of aromatic nitrogens is 1. The van der Waals surface area contributed by atoms with Crippen LogP contribution in [0.15, 0.2) is 47.3 Å². The third kappa shape index (κ3) is 3.61. The van der Waals surface area contributed by atoms with Crippen LogP contribution < -0.4 is 5.32 Å². The van der Waals surface area contributed by atoms with Crippen molar-refractivity contribution in [2.24, 2.45) is 11.8 Å². The summed E-state index contributed by atoms with van der Waals surface area (Å²) in [6.07, 6.45) is 4.45. The van der Waals surface area contributed by atoms with Crippen LogP contribution in [0.3, 0.4) is 0 Å². The molecule has 142 valence electrons. The zero-order valence-electron chi connectivity index (χ0n) is 15.7. The van der Waals surface area contributed by atoms with Crippen LogP contribution in [-0.4, -0.2) is 34.3 Å². The van der Waals surface area contributed by atoms with Crippen molar-refractivity contribution in [2.75, 3.05) is 6.54 Å². The quantitative estimate of drug-likeness (QED) is 0.882. The summed E-state index contributed by atoms with van der Waals surface area (Å²) in [5.74, 6) is 1.09. The van der Waals surface area contributed by atoms with E-state index in [0.717, 1.165) is 6.42 Å². The van der Waals surface area contributed by atoms with Gasteiger partial charge in [-0.05, 0) is 30.2 Å². The Morgan fingerprint density at radius 2 is 2.11 bits per heavy atom. The molecule has 2 amide bonds. The van der Waals surface area contributed by atoms with E-state index in [9.17, 15) is 9.59 Å². The van der Waals surface area contributed by atoms with E-state index in [2.05, 4.69) is 36.3 Å². The monoisotopic (exact) mass is 367 g/mol. The number of oxazole rings is 1. The molecule has 2 aliphatic rings. The first-order valence-corrected chi connectivity index (χ1v) is 9.58. The van der Waals surface area contributed by atoms with Crippen LogP contribution in [0.4, 0.5) is 0 Å². The van der Waals surface area contributed by atoms with Crippen molar-refractivity contribution in [3.63, 3.8) is 0 Å². The molecule has 1 aliphatic heterocycles. The molecule has 0 spiro atoms. The Morgan fingerprint density at radius 3 is 2.78 bits per heavy atom. The molecule has 1 saturated heterocycles. The minimum atomic E-state index is -0.423. The Balaban J connectivity index is 1.54. The van der Waals surface area contributed by atoms with Gasteiger partial charge in [0.05, 0.1) is 6.20 Å². The summed E-state index contributed by atoms with van der Waals surface area (Å²) in [7, 11) is 0. The second-order valence-electron chi connectivity index (χ2n) is 7.96. The molecule has 4 atom stereocenters. The van der Waals surface area contributed by atoms with Crippen molar-refractivity contribution >= 4 is 11.8 Å². The maximum Gasteiger partial charge on any atom is 0.243 e. The molecule has 1 saturated carbocycles. The highest BCUT2D eigenvalue weighted by Gasteiger charge is 2.49. The Kier molecular flexibility index (Phi) is 4.72. The zero-order chi connectivity index (χ0) is 19.0. The van der Waals surface area contributed by atoms with E-state index in [1.807, 2.05) is 18.2 Å². The molecule has 1 aliphatic carbocycles. The van der Waals surface area contributed by atoms with Crippen LogP contribution in [0.1, 0.15) is 50.0 Å². The third-order valence-electron chi connectivity index (χ3n) is 5.48. The minimum absolute atomic E-state index is 0.0386. The standard InChI is InChI=1S/C21H25N3O3/c1-13(2)8-18-20(25)23-17(19-10-22-12-27-19)11-24(18)21(26)16-9-15(16)14-6-4-3-5-7-14/h3-7,10,12-13,15-18H,8-9,11H2,1-2H3,(H,23,25). The van der Waals surface area contributed by atoms with Crippen molar-refractivity contribution < 1.29 is 14.0 Å². The van der Waals surface area contributed by atoms with Crippen LogP contribution in [-0.2, 0) is 9.59 Å². The van der Waals surface area contributed by atoms with Gasteiger partial charge in [-0.3, -0.25) is 9.59 Å². The van der Waals surface area contributed by atoms with Gasteiger partial charge in [0, 0.05) is 12.5 Å². The van der Waals surface area contributed by atoms with E-state index >= 15 is 0 Å². The highest BCUT2D eigenvalue weighted by Crippen LogP contribution is 2.49. The van der Waals surface area contributed by atoms with Gasteiger partial charge in [-0.2, -0.15) is 0 Å². The lowest BCUT2D eigenvalue weighted by Gasteiger charge is -2.39. The number of hydrogen-bond donors (Lipinski definition) is 1. The second kappa shape index (κ2) is 7.18. The van der Waals surface area contributed by atoms with Gasteiger partial charge in [0.15, 0.2) is 6.39 Å². The van der Waals surface area contributed by atoms with E-state index < -0.39 is 6.04 Å². The number of carbonyl (C=O) groups excluding carboxylic acids is 2. The molecule has 2 aromatic rings. The van der Waals surface area contributed by atoms with Crippen LogP contribution in [0.5, 0.6) is 0 Å². The van der Waals surface area contributed by atoms with Gasteiger partial charge in [0.2, 0.25) is 11.8 Å². The van der Waals surface area contributed by atoms with E-state index in [-0.39, 0.29) is 29.7 Å². The van der Waals surface area contributed by atoms with Gasteiger partial charge in [-0.15, -0.1) is 0 Å². The maximum absolute atomic E-state index is 13.3. The molecule has 2 fully saturated rings. The second-order valence-corrected chi connectivity index (χ2v) is 7.96. The molecule has 6 heteroatoms. The summed E-state index contributed by atoms with van der Waals surface area (Å²) in [4.78, 5) is 31.8. The first kappa shape index (κ1) is 17.8. The normalized spacial score (nSPS) is 27.5. The van der Waals surface area contributed by atoms with E-state index in [0.29, 0.717) is 24.6 Å². The first-order chi connectivity index (χ1) is 13.0. The van der Waals surface area contributed by atoms with Gasteiger partial charge in [-0.25, -0.2) is 4.98 Å². The minimum Gasteiger partial charge on any atom is -0.446 e. The molecule has 1 aromatic heterocycles. The Hall–Kier alpha value is -2.63. The summed E-state index contributed by atoms with van der Waals surface area (Å²) in [6, 6.07) is 9.37. The number of rotatable bonds is 5. The largest absolute Gasteiger partial charge is 0.446 e. The molecule has 27 heavy (non-hydrogen) atoms. The summed E-state index contributed by atoms with van der Waals surface area (Å²) >= 11 is 0. The molecule has 1 aromatic carbocycles. The Labute approximate surface area is 159 Å². The number of nitrogens with zero attached hydrogens (tertiary/aromatic N) is 2. The van der Waals surface area contributed by atoms with Crippen molar-refractivity contribution in [3.8, 4) is 0 Å². The van der Waals surface area contributed by atoms with Crippen molar-refractivity contribution in [3.05, 3.63) is 54.2 Å². The topological polar surface area (TPSA) is 75.4 Å². The molecule has 6 nitrogen and oxygen atoms in total. The number of piperazine rings is 1. The predicted octanol–water partition coefficient (Wildman–Crippen LogP) is 2.89. The number of hydrogen-bond acceptors (Lipinski definition) is 4. The van der Waals surface area contributed by atoms with Crippen molar-refractivity contribution in [1.82, 2.24) is 15.2 Å². The highest BCUT2D eigenvalue weighted by molar-refractivity contribution is 5.91. The summed E-state index contributed by atoms with van der Waals surface area (Å²) in [6.45, 7) is 4.57. The lowest BCUT2D eigenvalue weighted by atomic mass is 9.96. The predicted molar refractivity (Wildman–Crippen MR) is 99.6 cm³/mol. The average molecular weight is 367 g/mol. The fourth-order valence-electron chi connectivity index (χ4n) is 4.01. The fourth-order valence-corrected chi connectivity index (χ4v) is 4.01.